The molecule has 148 valence electrons. The second kappa shape index (κ2) is 6.57. The number of H-pyrrole nitrogens is 1. The molecule has 4 unspecified atom stereocenters. The maximum Gasteiger partial charge on any atom is 0.328 e. The molecule has 2 aliphatic carbocycles. The van der Waals surface area contributed by atoms with Gasteiger partial charge in [0, 0.05) is 30.2 Å². The van der Waals surface area contributed by atoms with Crippen molar-refractivity contribution in [2.75, 3.05) is 19.7 Å². The molecule has 1 aliphatic heterocycles. The Bertz CT molecular complexity index is 903. The summed E-state index contributed by atoms with van der Waals surface area (Å²) >= 11 is 0. The molecule has 3 aliphatic rings. The highest BCUT2D eigenvalue weighted by Crippen LogP contribution is 2.43. The molecule has 1 saturated heterocycles. The predicted octanol–water partition coefficient (Wildman–Crippen LogP) is -0.404. The summed E-state index contributed by atoms with van der Waals surface area (Å²) in [6.07, 6.45) is 2.48. The number of nitrogens with two attached hydrogens (primary N) is 2. The maximum atomic E-state index is 15.3. The highest BCUT2D eigenvalue weighted by molar-refractivity contribution is 5.70. The van der Waals surface area contributed by atoms with Crippen LogP contribution in [-0.2, 0) is 0 Å². The highest BCUT2D eigenvalue weighted by atomic mass is 19.1. The number of aromatic amines is 1. The third-order valence-electron chi connectivity index (χ3n) is 6.25. The van der Waals surface area contributed by atoms with E-state index in [-0.39, 0.29) is 35.9 Å². The minimum atomic E-state index is -0.639. The molecule has 0 spiro atoms. The molecule has 2 fully saturated rings. The Kier molecular flexibility index (Phi) is 4.48. The van der Waals surface area contributed by atoms with Crippen LogP contribution in [0.1, 0.15) is 49.4 Å². The van der Waals surface area contributed by atoms with Crippen molar-refractivity contribution in [3.05, 3.63) is 37.9 Å². The zero-order valence-electron chi connectivity index (χ0n) is 15.3. The van der Waals surface area contributed by atoms with Gasteiger partial charge in [-0.15, -0.1) is 0 Å². The lowest BCUT2D eigenvalue weighted by atomic mass is 9.85. The van der Waals surface area contributed by atoms with E-state index in [1.54, 1.807) is 4.57 Å². The van der Waals surface area contributed by atoms with E-state index in [0.717, 1.165) is 19.3 Å². The van der Waals surface area contributed by atoms with E-state index in [1.807, 2.05) is 11.8 Å². The minimum Gasteiger partial charge on any atom is -0.396 e. The Morgan fingerprint density at radius 1 is 1.33 bits per heavy atom. The first-order chi connectivity index (χ1) is 12.8. The first-order valence-corrected chi connectivity index (χ1v) is 9.49. The molecule has 9 heteroatoms. The fourth-order valence-electron chi connectivity index (χ4n) is 4.66. The predicted molar refractivity (Wildman–Crippen MR) is 98.8 cm³/mol. The van der Waals surface area contributed by atoms with Gasteiger partial charge in [0.15, 0.2) is 0 Å². The van der Waals surface area contributed by atoms with Gasteiger partial charge < -0.3 is 16.6 Å². The normalized spacial score (nSPS) is 29.9. The molecule has 0 radical (unpaired) electrons. The van der Waals surface area contributed by atoms with Crippen molar-refractivity contribution in [1.29, 1.82) is 0 Å². The molecule has 27 heavy (non-hydrogen) atoms. The van der Waals surface area contributed by atoms with E-state index in [9.17, 15) is 14.7 Å². The molecule has 2 heterocycles. The van der Waals surface area contributed by atoms with Gasteiger partial charge in [-0.3, -0.25) is 19.2 Å². The molecule has 1 aromatic heterocycles. The van der Waals surface area contributed by atoms with Crippen LogP contribution in [0.15, 0.2) is 15.4 Å². The molecule has 8 nitrogen and oxygen atoms in total. The Hall–Kier alpha value is -1.97. The van der Waals surface area contributed by atoms with Crippen LogP contribution in [0.4, 0.5) is 4.39 Å². The summed E-state index contributed by atoms with van der Waals surface area (Å²) in [6, 6.07) is -0.952. The van der Waals surface area contributed by atoms with Crippen LogP contribution in [0, 0.1) is 5.92 Å². The Balaban J connectivity index is 1.78. The van der Waals surface area contributed by atoms with Crippen LogP contribution < -0.4 is 22.7 Å². The zero-order chi connectivity index (χ0) is 19.5. The van der Waals surface area contributed by atoms with Gasteiger partial charge in [0.2, 0.25) is 0 Å². The third kappa shape index (κ3) is 2.84. The van der Waals surface area contributed by atoms with Gasteiger partial charge in [-0.2, -0.15) is 0 Å². The van der Waals surface area contributed by atoms with Crippen LogP contribution in [0.25, 0.3) is 5.70 Å². The fourth-order valence-corrected chi connectivity index (χ4v) is 4.66. The average Bonchev–Trinajstić information content (AvgIpc) is 3.35. The Morgan fingerprint density at radius 3 is 2.67 bits per heavy atom. The summed E-state index contributed by atoms with van der Waals surface area (Å²) < 4.78 is 16.9. The van der Waals surface area contributed by atoms with E-state index in [2.05, 4.69) is 4.98 Å². The van der Waals surface area contributed by atoms with Gasteiger partial charge in [-0.25, -0.2) is 9.18 Å². The number of hydrogen-bond acceptors (Lipinski definition) is 6. The third-order valence-corrected chi connectivity index (χ3v) is 6.25. The second-order valence-corrected chi connectivity index (χ2v) is 8.01. The first kappa shape index (κ1) is 18.4. The number of nitrogens with zero attached hydrogens (tertiary/aromatic N) is 2. The number of fused-ring (bicyclic) bond motifs is 1. The van der Waals surface area contributed by atoms with Crippen LogP contribution in [0.3, 0.4) is 0 Å². The van der Waals surface area contributed by atoms with Gasteiger partial charge >= 0.3 is 5.69 Å². The minimum absolute atomic E-state index is 0.0364. The number of likely N-dealkylation sites (tertiary alicyclic amines) is 1. The molecule has 0 aromatic carbocycles. The monoisotopic (exact) mass is 379 g/mol. The van der Waals surface area contributed by atoms with Gasteiger partial charge in [0.1, 0.15) is 5.83 Å². The molecule has 0 bridgehead atoms. The maximum absolute atomic E-state index is 15.3. The van der Waals surface area contributed by atoms with Crippen molar-refractivity contribution in [2.24, 2.45) is 17.4 Å². The van der Waals surface area contributed by atoms with Gasteiger partial charge in [-0.1, -0.05) is 6.92 Å². The van der Waals surface area contributed by atoms with Crippen molar-refractivity contribution in [3.63, 3.8) is 0 Å². The van der Waals surface area contributed by atoms with Crippen molar-refractivity contribution in [1.82, 2.24) is 14.5 Å². The van der Waals surface area contributed by atoms with Crippen LogP contribution in [0.5, 0.6) is 0 Å². The van der Waals surface area contributed by atoms with Gasteiger partial charge in [-0.05, 0) is 31.7 Å². The van der Waals surface area contributed by atoms with Crippen molar-refractivity contribution in [2.45, 2.75) is 50.2 Å². The summed E-state index contributed by atoms with van der Waals surface area (Å²) in [6.45, 7) is 2.90. The smallest absolute Gasteiger partial charge is 0.328 e. The quantitative estimate of drug-likeness (QED) is 0.563. The summed E-state index contributed by atoms with van der Waals surface area (Å²) in [4.78, 5) is 29.1. The number of rotatable bonds is 4. The molecular weight excluding hydrogens is 353 g/mol. The molecule has 4 atom stereocenters. The molecular formula is C18H26FN5O3. The Labute approximate surface area is 155 Å². The standard InChI is InChI=1S/C18H26FN5O3/c1-8-15-12(17(26)22-18(27)24(15)10-2-3-10)14(21)13(19)16(8)23-5-4-9(6-23)11(20)7-25/h8-11,16,25H,2-7,20-21H2,1H3,(H,22,26,27). The highest BCUT2D eigenvalue weighted by Gasteiger charge is 2.44. The summed E-state index contributed by atoms with van der Waals surface area (Å²) in [7, 11) is 0. The summed E-state index contributed by atoms with van der Waals surface area (Å²) in [5.74, 6) is -0.853. The lowest BCUT2D eigenvalue weighted by molar-refractivity contribution is 0.187. The van der Waals surface area contributed by atoms with Gasteiger partial charge in [0.25, 0.3) is 5.56 Å². The van der Waals surface area contributed by atoms with Crippen molar-refractivity contribution >= 4 is 5.70 Å². The topological polar surface area (TPSA) is 130 Å². The number of aliphatic hydroxyl groups excluding tert-OH is 1. The Morgan fingerprint density at radius 2 is 2.04 bits per heavy atom. The number of hydrogen-bond donors (Lipinski definition) is 4. The number of aliphatic hydroxyl groups is 1. The summed E-state index contributed by atoms with van der Waals surface area (Å²) in [5, 5.41) is 9.31. The number of aromatic nitrogens is 2. The first-order valence-electron chi connectivity index (χ1n) is 9.49. The van der Waals surface area contributed by atoms with E-state index >= 15 is 4.39 Å². The molecule has 0 amide bonds. The average molecular weight is 379 g/mol. The lowest BCUT2D eigenvalue weighted by Crippen LogP contribution is -2.47. The van der Waals surface area contributed by atoms with E-state index in [1.165, 1.54) is 0 Å². The zero-order valence-corrected chi connectivity index (χ0v) is 15.3. The fraction of sp³-hybridized carbons (Fsp3) is 0.667. The molecule has 1 saturated carbocycles. The molecule has 1 aromatic rings. The van der Waals surface area contributed by atoms with Crippen LogP contribution in [0.2, 0.25) is 0 Å². The van der Waals surface area contributed by atoms with Crippen LogP contribution >= 0.6 is 0 Å². The SMILES string of the molecule is CC1c2c(c(=O)[nH]c(=O)n2C2CC2)C(N)=C(F)C1N1CCC(C(N)CO)C1. The second-order valence-electron chi connectivity index (χ2n) is 8.01. The summed E-state index contributed by atoms with van der Waals surface area (Å²) in [5.41, 5.74) is 11.4. The molecule has 6 N–H and O–H groups in total. The van der Waals surface area contributed by atoms with E-state index < -0.39 is 29.0 Å². The van der Waals surface area contributed by atoms with Crippen molar-refractivity contribution < 1.29 is 9.50 Å². The molecule has 4 rings (SSSR count). The van der Waals surface area contributed by atoms with Crippen LogP contribution in [-0.4, -0.2) is 51.3 Å². The van der Waals surface area contributed by atoms with Crippen molar-refractivity contribution in [3.8, 4) is 0 Å². The lowest BCUT2D eigenvalue weighted by Gasteiger charge is -2.37. The van der Waals surface area contributed by atoms with E-state index in [4.69, 9.17) is 11.5 Å². The number of halogens is 1. The van der Waals surface area contributed by atoms with E-state index in [0.29, 0.717) is 18.8 Å². The number of nitrogens with one attached hydrogen (secondary N) is 1. The van der Waals surface area contributed by atoms with Gasteiger partial charge in [0.05, 0.1) is 23.9 Å². The largest absolute Gasteiger partial charge is 0.396 e.